The molecule has 0 saturated heterocycles. The molecule has 0 fully saturated rings. The Bertz CT molecular complexity index is 746. The van der Waals surface area contributed by atoms with E-state index in [-0.39, 0.29) is 6.17 Å². The number of aromatic amines is 1. The fraction of sp³-hybridized carbons (Fsp3) is 0.176. The van der Waals surface area contributed by atoms with E-state index < -0.39 is 0 Å². The van der Waals surface area contributed by atoms with Gasteiger partial charge in [-0.25, -0.2) is 0 Å². The largest absolute Gasteiger partial charge is 0.361 e. The van der Waals surface area contributed by atoms with Crippen molar-refractivity contribution >= 4 is 22.3 Å². The van der Waals surface area contributed by atoms with E-state index in [0.29, 0.717) is 0 Å². The van der Waals surface area contributed by atoms with Crippen molar-refractivity contribution in [3.05, 3.63) is 60.3 Å². The highest BCUT2D eigenvalue weighted by Gasteiger charge is 2.33. The Hall–Kier alpha value is -2.42. The van der Waals surface area contributed by atoms with E-state index in [1.807, 2.05) is 0 Å². The molecule has 1 aliphatic rings. The molecule has 1 aromatic heterocycles. The van der Waals surface area contributed by atoms with Crippen LogP contribution in [0.15, 0.2) is 54.7 Å². The van der Waals surface area contributed by atoms with Gasteiger partial charge in [0.15, 0.2) is 0 Å². The number of nitrogens with zero attached hydrogens (tertiary/aromatic N) is 2. The minimum Gasteiger partial charge on any atom is -0.361 e. The van der Waals surface area contributed by atoms with E-state index in [0.717, 1.165) is 0 Å². The van der Waals surface area contributed by atoms with Crippen molar-refractivity contribution in [3.63, 3.8) is 0 Å². The maximum absolute atomic E-state index is 3.38. The van der Waals surface area contributed by atoms with Gasteiger partial charge >= 0.3 is 0 Å². The number of hydrogen-bond donors (Lipinski definition) is 1. The molecule has 3 aromatic rings. The van der Waals surface area contributed by atoms with E-state index in [4.69, 9.17) is 0 Å². The molecule has 2 heterocycles. The normalized spacial score (nSPS) is 15.1. The Labute approximate surface area is 118 Å². The summed E-state index contributed by atoms with van der Waals surface area (Å²) >= 11 is 0. The van der Waals surface area contributed by atoms with Gasteiger partial charge in [-0.15, -0.1) is 0 Å². The summed E-state index contributed by atoms with van der Waals surface area (Å²) in [4.78, 5) is 8.06. The molecule has 0 atom stereocenters. The van der Waals surface area contributed by atoms with Gasteiger partial charge in [-0.1, -0.05) is 30.3 Å². The number of H-pyrrole nitrogens is 1. The molecule has 3 heteroatoms. The van der Waals surface area contributed by atoms with Crippen molar-refractivity contribution in [2.24, 2.45) is 0 Å². The van der Waals surface area contributed by atoms with Crippen LogP contribution in [-0.4, -0.2) is 19.1 Å². The summed E-state index contributed by atoms with van der Waals surface area (Å²) in [6.45, 7) is 0. The molecule has 2 aromatic carbocycles. The van der Waals surface area contributed by atoms with Crippen LogP contribution in [0.3, 0.4) is 0 Å². The Morgan fingerprint density at radius 3 is 2.15 bits per heavy atom. The molecule has 0 saturated carbocycles. The van der Waals surface area contributed by atoms with Crippen molar-refractivity contribution < 1.29 is 0 Å². The molecule has 0 spiro atoms. The monoisotopic (exact) mass is 263 g/mol. The third kappa shape index (κ3) is 1.40. The number of benzene rings is 2. The molecule has 1 N–H and O–H groups in total. The van der Waals surface area contributed by atoms with Crippen LogP contribution in [0, 0.1) is 0 Å². The molecule has 0 amide bonds. The van der Waals surface area contributed by atoms with Gasteiger partial charge in [0.25, 0.3) is 0 Å². The van der Waals surface area contributed by atoms with Crippen LogP contribution in [0.5, 0.6) is 0 Å². The van der Waals surface area contributed by atoms with Crippen LogP contribution in [0.2, 0.25) is 0 Å². The third-order valence-electron chi connectivity index (χ3n) is 4.27. The van der Waals surface area contributed by atoms with E-state index in [9.17, 15) is 0 Å². The minimum absolute atomic E-state index is 0.239. The van der Waals surface area contributed by atoms with E-state index >= 15 is 0 Å². The molecule has 20 heavy (non-hydrogen) atoms. The smallest absolute Gasteiger partial charge is 0.130 e. The number of anilines is 2. The summed E-state index contributed by atoms with van der Waals surface area (Å²) in [7, 11) is 4.32. The molecular weight excluding hydrogens is 246 g/mol. The predicted octanol–water partition coefficient (Wildman–Crippen LogP) is 3.75. The topological polar surface area (TPSA) is 22.3 Å². The Kier molecular flexibility index (Phi) is 2.30. The Morgan fingerprint density at radius 2 is 1.45 bits per heavy atom. The molecule has 0 radical (unpaired) electrons. The van der Waals surface area contributed by atoms with Crippen molar-refractivity contribution in [2.45, 2.75) is 6.17 Å². The average Bonchev–Trinajstić information content (AvgIpc) is 3.01. The third-order valence-corrected chi connectivity index (χ3v) is 4.27. The lowest BCUT2D eigenvalue weighted by molar-refractivity contribution is 0.699. The van der Waals surface area contributed by atoms with Crippen LogP contribution in [0.4, 0.5) is 11.4 Å². The van der Waals surface area contributed by atoms with E-state index in [2.05, 4.69) is 83.6 Å². The quantitative estimate of drug-likeness (QED) is 0.722. The highest BCUT2D eigenvalue weighted by molar-refractivity contribution is 5.87. The number of fused-ring (bicyclic) bond motifs is 2. The molecule has 0 unspecified atom stereocenters. The van der Waals surface area contributed by atoms with E-state index in [1.54, 1.807) is 0 Å². The second-order valence-corrected chi connectivity index (χ2v) is 5.37. The first-order valence-corrected chi connectivity index (χ1v) is 6.88. The summed E-state index contributed by atoms with van der Waals surface area (Å²) in [5.74, 6) is 0. The van der Waals surface area contributed by atoms with Crippen molar-refractivity contribution in [1.82, 2.24) is 4.98 Å². The lowest BCUT2D eigenvalue weighted by Crippen LogP contribution is -2.30. The minimum atomic E-state index is 0.239. The summed E-state index contributed by atoms with van der Waals surface area (Å²) in [6, 6.07) is 17.0. The number of hydrogen-bond acceptors (Lipinski definition) is 2. The number of nitrogens with one attached hydrogen (secondary N) is 1. The summed E-state index contributed by atoms with van der Waals surface area (Å²) in [6.07, 6.45) is 2.37. The Morgan fingerprint density at radius 1 is 0.850 bits per heavy atom. The fourth-order valence-corrected chi connectivity index (χ4v) is 3.31. The van der Waals surface area contributed by atoms with Gasteiger partial charge in [0.2, 0.25) is 0 Å². The van der Waals surface area contributed by atoms with Crippen LogP contribution in [0.1, 0.15) is 11.7 Å². The molecule has 4 rings (SSSR count). The van der Waals surface area contributed by atoms with E-state index in [1.165, 1.54) is 27.8 Å². The maximum Gasteiger partial charge on any atom is 0.130 e. The van der Waals surface area contributed by atoms with Crippen molar-refractivity contribution in [1.29, 1.82) is 0 Å². The molecule has 1 aliphatic heterocycles. The standard InChI is InChI=1S/C17H17N3/c1-19-15-9-5-6-10-16(15)20(2)17(19)13-11-18-14-8-4-3-7-12(13)14/h3-11,17-18H,1-2H3. The lowest BCUT2D eigenvalue weighted by Gasteiger charge is -2.27. The van der Waals surface area contributed by atoms with Crippen LogP contribution in [0.25, 0.3) is 10.9 Å². The first-order valence-electron chi connectivity index (χ1n) is 6.88. The summed E-state index contributed by atoms with van der Waals surface area (Å²) in [5, 5.41) is 1.30. The number of para-hydroxylation sites is 3. The molecule has 100 valence electrons. The second kappa shape index (κ2) is 4.04. The first kappa shape index (κ1) is 11.4. The lowest BCUT2D eigenvalue weighted by atomic mass is 10.1. The molecule has 0 bridgehead atoms. The van der Waals surface area contributed by atoms with Gasteiger partial charge in [0, 0.05) is 36.8 Å². The summed E-state index contributed by atoms with van der Waals surface area (Å²) in [5.41, 5.74) is 5.08. The van der Waals surface area contributed by atoms with Gasteiger partial charge in [-0.3, -0.25) is 0 Å². The SMILES string of the molecule is CN1c2ccccc2N(C)C1c1c[nH]c2ccccc12. The van der Waals surface area contributed by atoms with Gasteiger partial charge < -0.3 is 14.8 Å². The molecular formula is C17H17N3. The molecule has 3 nitrogen and oxygen atoms in total. The second-order valence-electron chi connectivity index (χ2n) is 5.37. The zero-order valence-electron chi connectivity index (χ0n) is 11.7. The van der Waals surface area contributed by atoms with Crippen LogP contribution >= 0.6 is 0 Å². The van der Waals surface area contributed by atoms with Gasteiger partial charge in [0.05, 0.1) is 11.4 Å². The highest BCUT2D eigenvalue weighted by atomic mass is 15.4. The maximum atomic E-state index is 3.38. The van der Waals surface area contributed by atoms with Crippen LogP contribution < -0.4 is 9.80 Å². The first-order chi connectivity index (χ1) is 9.77. The predicted molar refractivity (Wildman–Crippen MR) is 84.3 cm³/mol. The zero-order chi connectivity index (χ0) is 13.7. The Balaban J connectivity index is 1.88. The average molecular weight is 263 g/mol. The van der Waals surface area contributed by atoms with Gasteiger partial charge in [-0.05, 0) is 18.2 Å². The number of aromatic nitrogens is 1. The van der Waals surface area contributed by atoms with Gasteiger partial charge in [-0.2, -0.15) is 0 Å². The summed E-state index contributed by atoms with van der Waals surface area (Å²) < 4.78 is 0. The molecule has 0 aliphatic carbocycles. The zero-order valence-corrected chi connectivity index (χ0v) is 11.7. The fourth-order valence-electron chi connectivity index (χ4n) is 3.31. The highest BCUT2D eigenvalue weighted by Crippen LogP contribution is 2.45. The van der Waals surface area contributed by atoms with Crippen LogP contribution in [-0.2, 0) is 0 Å². The number of rotatable bonds is 1. The van der Waals surface area contributed by atoms with Crippen molar-refractivity contribution in [2.75, 3.05) is 23.9 Å². The van der Waals surface area contributed by atoms with Gasteiger partial charge in [0.1, 0.15) is 6.17 Å². The van der Waals surface area contributed by atoms with Crippen molar-refractivity contribution in [3.8, 4) is 0 Å².